The van der Waals surface area contributed by atoms with Crippen molar-refractivity contribution in [3.63, 3.8) is 0 Å². The highest BCUT2D eigenvalue weighted by Gasteiger charge is 2.09. The quantitative estimate of drug-likeness (QED) is 0.333. The molecule has 3 atom stereocenters. The van der Waals surface area contributed by atoms with Gasteiger partial charge in [0, 0.05) is 0 Å². The molecule has 0 aliphatic heterocycles. The van der Waals surface area contributed by atoms with E-state index in [0.717, 1.165) is 23.7 Å². The van der Waals surface area contributed by atoms with Crippen LogP contribution in [0.5, 0.6) is 0 Å². The molecule has 0 heterocycles. The van der Waals surface area contributed by atoms with Crippen LogP contribution in [0, 0.1) is 23.7 Å². The molecule has 0 aliphatic carbocycles. The molecule has 0 saturated heterocycles. The zero-order valence-electron chi connectivity index (χ0n) is 16.8. The first-order valence-electron chi connectivity index (χ1n) is 10.1. The van der Waals surface area contributed by atoms with Crippen LogP contribution in [-0.2, 0) is 6.42 Å². The molecule has 24 heavy (non-hydrogen) atoms. The topological polar surface area (TPSA) is 0 Å². The first-order chi connectivity index (χ1) is 11.5. The third kappa shape index (κ3) is 11.2. The fourth-order valence-corrected chi connectivity index (χ4v) is 4.77. The fourth-order valence-electron chi connectivity index (χ4n) is 3.43. The molecule has 3 unspecified atom stereocenters. The second-order valence-corrected chi connectivity index (χ2v) is 9.63. The van der Waals surface area contributed by atoms with Crippen LogP contribution in [0.2, 0.25) is 0 Å². The van der Waals surface area contributed by atoms with Gasteiger partial charge in [0.2, 0.25) is 0 Å². The smallest absolute Gasteiger partial charge is 0.00649 e. The van der Waals surface area contributed by atoms with Crippen LogP contribution in [0.3, 0.4) is 0 Å². The Hall–Kier alpha value is -0.430. The first-order valence-corrected chi connectivity index (χ1v) is 11.2. The number of hydrogen-bond acceptors (Lipinski definition) is 1. The van der Waals surface area contributed by atoms with Crippen molar-refractivity contribution in [2.45, 2.75) is 73.1 Å². The minimum Gasteiger partial charge on any atom is -0.162 e. The highest BCUT2D eigenvalue weighted by molar-refractivity contribution is 7.99. The normalized spacial score (nSPS) is 15.4. The number of rotatable bonds is 13. The van der Waals surface area contributed by atoms with E-state index in [-0.39, 0.29) is 0 Å². The van der Waals surface area contributed by atoms with Gasteiger partial charge in [-0.3, -0.25) is 0 Å². The maximum atomic E-state index is 2.45. The molecule has 0 aliphatic rings. The molecule has 138 valence electrons. The molecule has 0 bridgehead atoms. The molecule has 0 amide bonds. The van der Waals surface area contributed by atoms with Gasteiger partial charge in [-0.15, -0.1) is 0 Å². The van der Waals surface area contributed by atoms with Gasteiger partial charge in [-0.05, 0) is 66.4 Å². The van der Waals surface area contributed by atoms with Gasteiger partial charge in [0.25, 0.3) is 0 Å². The Morgan fingerprint density at radius 3 is 1.92 bits per heavy atom. The van der Waals surface area contributed by atoms with Gasteiger partial charge in [-0.25, -0.2) is 0 Å². The molecule has 1 aromatic carbocycles. The Morgan fingerprint density at radius 2 is 1.29 bits per heavy atom. The lowest BCUT2D eigenvalue weighted by molar-refractivity contribution is 0.369. The molecule has 1 aromatic rings. The monoisotopic (exact) mass is 348 g/mol. The van der Waals surface area contributed by atoms with Crippen LogP contribution in [0.15, 0.2) is 30.3 Å². The maximum absolute atomic E-state index is 2.45. The van der Waals surface area contributed by atoms with E-state index in [2.05, 4.69) is 76.7 Å². The van der Waals surface area contributed by atoms with E-state index in [9.17, 15) is 0 Å². The molecule has 0 nitrogen and oxygen atoms in total. The summed E-state index contributed by atoms with van der Waals surface area (Å²) in [7, 11) is 0. The minimum absolute atomic E-state index is 0.800. The SMILES string of the molecule is CC(C)CC(C)CCC(C)CCSCCC(C)Cc1ccccc1. The summed E-state index contributed by atoms with van der Waals surface area (Å²) < 4.78 is 0. The first kappa shape index (κ1) is 21.6. The van der Waals surface area contributed by atoms with Crippen LogP contribution in [0.25, 0.3) is 0 Å². The third-order valence-corrected chi connectivity index (χ3v) is 6.01. The Bertz CT molecular complexity index is 398. The minimum atomic E-state index is 0.800. The second-order valence-electron chi connectivity index (χ2n) is 8.40. The predicted octanol–water partition coefficient (Wildman–Crippen LogP) is 7.48. The van der Waals surface area contributed by atoms with Crippen molar-refractivity contribution in [1.29, 1.82) is 0 Å². The molecule has 0 spiro atoms. The molecular formula is C23H40S. The van der Waals surface area contributed by atoms with Gasteiger partial charge in [-0.2, -0.15) is 11.8 Å². The summed E-state index contributed by atoms with van der Waals surface area (Å²) in [6.07, 6.45) is 8.19. The lowest BCUT2D eigenvalue weighted by Gasteiger charge is -2.17. The number of hydrogen-bond donors (Lipinski definition) is 0. The third-order valence-electron chi connectivity index (χ3n) is 4.96. The summed E-state index contributed by atoms with van der Waals surface area (Å²) in [6.45, 7) is 12.0. The van der Waals surface area contributed by atoms with E-state index in [4.69, 9.17) is 0 Å². The van der Waals surface area contributed by atoms with Crippen molar-refractivity contribution in [2.24, 2.45) is 23.7 Å². The van der Waals surface area contributed by atoms with Gasteiger partial charge < -0.3 is 0 Å². The molecule has 0 N–H and O–H groups in total. The molecule has 1 rings (SSSR count). The van der Waals surface area contributed by atoms with E-state index in [0.29, 0.717) is 0 Å². The van der Waals surface area contributed by atoms with Crippen molar-refractivity contribution >= 4 is 11.8 Å². The van der Waals surface area contributed by atoms with Crippen LogP contribution < -0.4 is 0 Å². The average molecular weight is 349 g/mol. The van der Waals surface area contributed by atoms with Crippen molar-refractivity contribution in [3.8, 4) is 0 Å². The maximum Gasteiger partial charge on any atom is -0.00649 e. The van der Waals surface area contributed by atoms with Crippen LogP contribution in [0.4, 0.5) is 0 Å². The van der Waals surface area contributed by atoms with Crippen molar-refractivity contribution < 1.29 is 0 Å². The molecule has 1 heteroatoms. The Balaban J connectivity index is 2.01. The van der Waals surface area contributed by atoms with Crippen molar-refractivity contribution in [1.82, 2.24) is 0 Å². The summed E-state index contributed by atoms with van der Waals surface area (Å²) in [6, 6.07) is 10.9. The predicted molar refractivity (Wildman–Crippen MR) is 113 cm³/mol. The summed E-state index contributed by atoms with van der Waals surface area (Å²) in [4.78, 5) is 0. The highest BCUT2D eigenvalue weighted by Crippen LogP contribution is 2.22. The number of benzene rings is 1. The van der Waals surface area contributed by atoms with Gasteiger partial charge in [0.05, 0.1) is 0 Å². The molecule has 0 saturated carbocycles. The van der Waals surface area contributed by atoms with E-state index >= 15 is 0 Å². The Morgan fingerprint density at radius 1 is 0.708 bits per heavy atom. The molecule has 0 radical (unpaired) electrons. The summed E-state index contributed by atoms with van der Waals surface area (Å²) in [5.74, 6) is 6.12. The van der Waals surface area contributed by atoms with Crippen LogP contribution in [0.1, 0.15) is 72.3 Å². The number of thioether (sulfide) groups is 1. The van der Waals surface area contributed by atoms with Gasteiger partial charge in [0.15, 0.2) is 0 Å². The van der Waals surface area contributed by atoms with Crippen molar-refractivity contribution in [2.75, 3.05) is 11.5 Å². The zero-order chi connectivity index (χ0) is 17.8. The van der Waals surface area contributed by atoms with Gasteiger partial charge in [-0.1, -0.05) is 77.8 Å². The molecule has 0 fully saturated rings. The Labute approximate surface area is 156 Å². The summed E-state index contributed by atoms with van der Waals surface area (Å²) >= 11 is 2.17. The summed E-state index contributed by atoms with van der Waals surface area (Å²) in [5, 5.41) is 0. The summed E-state index contributed by atoms with van der Waals surface area (Å²) in [5.41, 5.74) is 1.49. The lowest BCUT2D eigenvalue weighted by atomic mass is 9.91. The standard InChI is InChI=1S/C23H40S/c1-19(2)17-21(4)12-11-20(3)13-15-24-16-14-22(5)18-23-9-7-6-8-10-23/h6-10,19-22H,11-18H2,1-5H3. The Kier molecular flexibility index (Phi) is 11.6. The van der Waals surface area contributed by atoms with Gasteiger partial charge >= 0.3 is 0 Å². The highest BCUT2D eigenvalue weighted by atomic mass is 32.2. The molecule has 0 aromatic heterocycles. The van der Waals surface area contributed by atoms with E-state index < -0.39 is 0 Å². The largest absolute Gasteiger partial charge is 0.162 e. The second kappa shape index (κ2) is 12.9. The fraction of sp³-hybridized carbons (Fsp3) is 0.739. The average Bonchev–Trinajstić information content (AvgIpc) is 2.53. The van der Waals surface area contributed by atoms with Crippen molar-refractivity contribution in [3.05, 3.63) is 35.9 Å². The van der Waals surface area contributed by atoms with Crippen LogP contribution >= 0.6 is 11.8 Å². The van der Waals surface area contributed by atoms with E-state index in [1.807, 2.05) is 0 Å². The van der Waals surface area contributed by atoms with Gasteiger partial charge in [0.1, 0.15) is 0 Å². The van der Waals surface area contributed by atoms with E-state index in [1.165, 1.54) is 55.6 Å². The lowest BCUT2D eigenvalue weighted by Crippen LogP contribution is -2.05. The zero-order valence-corrected chi connectivity index (χ0v) is 17.6. The van der Waals surface area contributed by atoms with E-state index in [1.54, 1.807) is 0 Å². The van der Waals surface area contributed by atoms with Crippen LogP contribution in [-0.4, -0.2) is 11.5 Å². The molecular weight excluding hydrogens is 308 g/mol.